The Bertz CT molecular complexity index is 803. The highest BCUT2D eigenvalue weighted by Crippen LogP contribution is 2.29. The molecule has 1 aromatic heterocycles. The van der Waals surface area contributed by atoms with Gasteiger partial charge in [0.05, 0.1) is 5.56 Å². The summed E-state index contributed by atoms with van der Waals surface area (Å²) in [5.74, 6) is -0.442. The lowest BCUT2D eigenvalue weighted by atomic mass is 10.1. The van der Waals surface area contributed by atoms with Crippen LogP contribution in [0.5, 0.6) is 11.5 Å². The first-order chi connectivity index (χ1) is 9.16. The monoisotopic (exact) mass is 254 g/mol. The van der Waals surface area contributed by atoms with Crippen LogP contribution >= 0.6 is 0 Å². The molecule has 0 aliphatic rings. The Kier molecular flexibility index (Phi) is 2.49. The summed E-state index contributed by atoms with van der Waals surface area (Å²) in [6.07, 6.45) is 1.33. The van der Waals surface area contributed by atoms with Crippen molar-refractivity contribution in [3.05, 3.63) is 59.0 Å². The molecule has 3 aromatic rings. The van der Waals surface area contributed by atoms with E-state index in [0.717, 1.165) is 6.07 Å². The van der Waals surface area contributed by atoms with Crippen LogP contribution < -0.4 is 5.43 Å². The van der Waals surface area contributed by atoms with E-state index in [2.05, 4.69) is 0 Å². The molecule has 3 rings (SSSR count). The molecule has 2 aromatic carbocycles. The molecule has 94 valence electrons. The molecular formula is C15H10O4. The Hall–Kier alpha value is -2.75. The van der Waals surface area contributed by atoms with Gasteiger partial charge in [-0.1, -0.05) is 30.3 Å². The number of hydrogen-bond donors (Lipinski definition) is 2. The summed E-state index contributed by atoms with van der Waals surface area (Å²) in [6.45, 7) is 0. The van der Waals surface area contributed by atoms with E-state index in [-0.39, 0.29) is 27.9 Å². The van der Waals surface area contributed by atoms with E-state index in [1.54, 1.807) is 12.1 Å². The van der Waals surface area contributed by atoms with Crippen molar-refractivity contribution >= 4 is 11.0 Å². The van der Waals surface area contributed by atoms with Gasteiger partial charge in [-0.3, -0.25) is 4.79 Å². The van der Waals surface area contributed by atoms with E-state index in [1.165, 1.54) is 12.3 Å². The van der Waals surface area contributed by atoms with Crippen molar-refractivity contribution in [3.63, 3.8) is 0 Å². The normalized spacial score (nSPS) is 10.7. The van der Waals surface area contributed by atoms with Gasteiger partial charge < -0.3 is 14.6 Å². The van der Waals surface area contributed by atoms with Gasteiger partial charge in [-0.15, -0.1) is 0 Å². The van der Waals surface area contributed by atoms with Crippen molar-refractivity contribution < 1.29 is 14.6 Å². The van der Waals surface area contributed by atoms with E-state index in [4.69, 9.17) is 4.42 Å². The number of rotatable bonds is 1. The summed E-state index contributed by atoms with van der Waals surface area (Å²) in [4.78, 5) is 12.4. The van der Waals surface area contributed by atoms with Crippen LogP contribution in [0.3, 0.4) is 0 Å². The number of hydrogen-bond acceptors (Lipinski definition) is 4. The highest BCUT2D eigenvalue weighted by atomic mass is 16.3. The van der Waals surface area contributed by atoms with Crippen molar-refractivity contribution in [2.75, 3.05) is 0 Å². The maximum Gasteiger partial charge on any atom is 0.204 e. The summed E-state index contributed by atoms with van der Waals surface area (Å²) in [7, 11) is 0. The van der Waals surface area contributed by atoms with Gasteiger partial charge in [-0.05, 0) is 5.56 Å². The molecule has 0 spiro atoms. The number of fused-ring (bicyclic) bond motifs is 1. The standard InChI is InChI=1S/C15H10O4/c16-10-6-12(17)14-13(7-10)19-8-11(15(14)18)9-4-2-1-3-5-9/h1-8,16-17H. The smallest absolute Gasteiger partial charge is 0.204 e. The molecule has 0 bridgehead atoms. The highest BCUT2D eigenvalue weighted by Gasteiger charge is 2.13. The molecule has 0 saturated carbocycles. The maximum absolute atomic E-state index is 12.4. The minimum absolute atomic E-state index is 0.0687. The summed E-state index contributed by atoms with van der Waals surface area (Å²) in [6, 6.07) is 11.5. The molecule has 0 unspecified atom stereocenters. The zero-order valence-corrected chi connectivity index (χ0v) is 9.83. The molecule has 0 amide bonds. The minimum Gasteiger partial charge on any atom is -0.508 e. The molecule has 0 radical (unpaired) electrons. The number of phenols is 2. The van der Waals surface area contributed by atoms with Crippen molar-refractivity contribution in [1.82, 2.24) is 0 Å². The Morgan fingerprint density at radius 3 is 2.47 bits per heavy atom. The zero-order chi connectivity index (χ0) is 13.4. The quantitative estimate of drug-likeness (QED) is 0.700. The second-order valence-electron chi connectivity index (χ2n) is 4.18. The first-order valence-electron chi connectivity index (χ1n) is 5.70. The molecular weight excluding hydrogens is 244 g/mol. The van der Waals surface area contributed by atoms with E-state index in [9.17, 15) is 15.0 Å². The van der Waals surface area contributed by atoms with Crippen molar-refractivity contribution in [2.24, 2.45) is 0 Å². The van der Waals surface area contributed by atoms with E-state index in [1.807, 2.05) is 18.2 Å². The summed E-state index contributed by atoms with van der Waals surface area (Å²) in [5.41, 5.74) is 0.909. The molecule has 0 aliphatic heterocycles. The lowest BCUT2D eigenvalue weighted by molar-refractivity contribution is 0.452. The van der Waals surface area contributed by atoms with Crippen LogP contribution in [0.25, 0.3) is 22.1 Å². The third kappa shape index (κ3) is 1.83. The lowest BCUT2D eigenvalue weighted by Gasteiger charge is -2.04. The molecule has 19 heavy (non-hydrogen) atoms. The Morgan fingerprint density at radius 2 is 1.74 bits per heavy atom. The first-order valence-corrected chi connectivity index (χ1v) is 5.70. The van der Waals surface area contributed by atoms with Gasteiger partial charge in [0.15, 0.2) is 0 Å². The van der Waals surface area contributed by atoms with Crippen molar-refractivity contribution in [1.29, 1.82) is 0 Å². The van der Waals surface area contributed by atoms with Crippen LogP contribution in [-0.2, 0) is 0 Å². The van der Waals surface area contributed by atoms with Crippen LogP contribution in [-0.4, -0.2) is 10.2 Å². The number of aromatic hydroxyl groups is 2. The highest BCUT2D eigenvalue weighted by molar-refractivity contribution is 5.87. The lowest BCUT2D eigenvalue weighted by Crippen LogP contribution is -2.04. The van der Waals surface area contributed by atoms with Gasteiger partial charge in [-0.2, -0.15) is 0 Å². The predicted octanol–water partition coefficient (Wildman–Crippen LogP) is 2.87. The van der Waals surface area contributed by atoms with Gasteiger partial charge in [0, 0.05) is 12.1 Å². The molecule has 4 heteroatoms. The summed E-state index contributed by atoms with van der Waals surface area (Å²) in [5, 5.41) is 19.2. The van der Waals surface area contributed by atoms with Gasteiger partial charge in [0.25, 0.3) is 0 Å². The minimum atomic E-state index is -0.329. The first kappa shape index (κ1) is 11.3. The second kappa shape index (κ2) is 4.17. The zero-order valence-electron chi connectivity index (χ0n) is 9.83. The topological polar surface area (TPSA) is 70.7 Å². The van der Waals surface area contributed by atoms with Gasteiger partial charge in [0.2, 0.25) is 5.43 Å². The maximum atomic E-state index is 12.4. The predicted molar refractivity (Wildman–Crippen MR) is 71.2 cm³/mol. The van der Waals surface area contributed by atoms with E-state index in [0.29, 0.717) is 11.1 Å². The van der Waals surface area contributed by atoms with Crippen LogP contribution in [0.2, 0.25) is 0 Å². The average molecular weight is 254 g/mol. The van der Waals surface area contributed by atoms with Crippen LogP contribution in [0.4, 0.5) is 0 Å². The Morgan fingerprint density at radius 1 is 1.00 bits per heavy atom. The second-order valence-corrected chi connectivity index (χ2v) is 4.18. The van der Waals surface area contributed by atoms with Crippen molar-refractivity contribution in [2.45, 2.75) is 0 Å². The van der Waals surface area contributed by atoms with Crippen molar-refractivity contribution in [3.8, 4) is 22.6 Å². The number of benzene rings is 2. The largest absolute Gasteiger partial charge is 0.508 e. The van der Waals surface area contributed by atoms with Gasteiger partial charge >= 0.3 is 0 Å². The Labute approximate surface area is 108 Å². The SMILES string of the molecule is O=c1c(-c2ccccc2)coc2cc(O)cc(O)c12. The molecule has 0 aliphatic carbocycles. The molecule has 1 heterocycles. The average Bonchev–Trinajstić information content (AvgIpc) is 2.39. The number of phenolic OH excluding ortho intramolecular Hbond substituents is 2. The molecule has 2 N–H and O–H groups in total. The molecule has 4 nitrogen and oxygen atoms in total. The third-order valence-corrected chi connectivity index (χ3v) is 2.93. The fourth-order valence-electron chi connectivity index (χ4n) is 2.04. The van der Waals surface area contributed by atoms with Crippen LogP contribution in [0.15, 0.2) is 57.9 Å². The van der Waals surface area contributed by atoms with E-state index < -0.39 is 0 Å². The third-order valence-electron chi connectivity index (χ3n) is 2.93. The van der Waals surface area contributed by atoms with Crippen LogP contribution in [0, 0.1) is 0 Å². The summed E-state index contributed by atoms with van der Waals surface area (Å²) < 4.78 is 5.32. The fraction of sp³-hybridized carbons (Fsp3) is 0. The fourth-order valence-corrected chi connectivity index (χ4v) is 2.04. The van der Waals surface area contributed by atoms with E-state index >= 15 is 0 Å². The van der Waals surface area contributed by atoms with Gasteiger partial charge in [-0.25, -0.2) is 0 Å². The molecule has 0 saturated heterocycles. The Balaban J connectivity index is 2.37. The molecule has 0 atom stereocenters. The summed E-state index contributed by atoms with van der Waals surface area (Å²) >= 11 is 0. The van der Waals surface area contributed by atoms with Gasteiger partial charge in [0.1, 0.15) is 28.7 Å². The van der Waals surface area contributed by atoms with Crippen LogP contribution in [0.1, 0.15) is 0 Å². The molecule has 0 fully saturated rings.